The molecule has 0 saturated carbocycles. The molecule has 0 fully saturated rings. The van der Waals surface area contributed by atoms with Gasteiger partial charge in [0.05, 0.1) is 13.1 Å². The summed E-state index contributed by atoms with van der Waals surface area (Å²) in [5.41, 5.74) is 2.38. The Bertz CT molecular complexity index is 233. The van der Waals surface area contributed by atoms with E-state index < -0.39 is 0 Å². The molecule has 0 atom stereocenters. The van der Waals surface area contributed by atoms with Crippen molar-refractivity contribution in [3.05, 3.63) is 23.1 Å². The van der Waals surface area contributed by atoms with Crippen LogP contribution in [-0.2, 0) is 4.74 Å². The fraction of sp³-hybridized carbons (Fsp3) is 0.556. The summed E-state index contributed by atoms with van der Waals surface area (Å²) in [5, 5.41) is 0. The second kappa shape index (κ2) is 3.85. The zero-order chi connectivity index (χ0) is 9.14. The summed E-state index contributed by atoms with van der Waals surface area (Å²) in [5.74, 6) is 0.997. The summed E-state index contributed by atoms with van der Waals surface area (Å²) < 4.78 is 5.25. The molecule has 1 rings (SSSR count). The second-order valence-corrected chi connectivity index (χ2v) is 3.23. The second-order valence-electron chi connectivity index (χ2n) is 2.99. The maximum absolute atomic E-state index is 5.72. The maximum atomic E-state index is 5.72. The van der Waals surface area contributed by atoms with E-state index in [1.54, 1.807) is 7.11 Å². The molecular weight excluding hydrogens is 174 g/mol. The van der Waals surface area contributed by atoms with Crippen LogP contribution < -0.4 is 0 Å². The van der Waals surface area contributed by atoms with Gasteiger partial charge >= 0.3 is 0 Å². The Morgan fingerprint density at radius 1 is 1.58 bits per heavy atom. The van der Waals surface area contributed by atoms with Crippen molar-refractivity contribution >= 4 is 11.6 Å². The van der Waals surface area contributed by atoms with Gasteiger partial charge in [0.25, 0.3) is 0 Å². The monoisotopic (exact) mass is 187 g/mol. The number of hydrogen-bond acceptors (Lipinski definition) is 2. The molecule has 1 heterocycles. The van der Waals surface area contributed by atoms with Gasteiger partial charge in [-0.1, -0.05) is 0 Å². The lowest BCUT2D eigenvalue weighted by Gasteiger charge is -2.25. The molecule has 0 radical (unpaired) electrons. The van der Waals surface area contributed by atoms with Gasteiger partial charge in [0.15, 0.2) is 0 Å². The van der Waals surface area contributed by atoms with Gasteiger partial charge in [-0.05, 0) is 19.4 Å². The normalized spacial score (nSPS) is 18.0. The molecule has 0 aliphatic carbocycles. The first-order valence-corrected chi connectivity index (χ1v) is 4.45. The van der Waals surface area contributed by atoms with Gasteiger partial charge in [-0.25, -0.2) is 0 Å². The molecule has 0 amide bonds. The van der Waals surface area contributed by atoms with Crippen molar-refractivity contribution in [2.75, 3.05) is 19.7 Å². The molecule has 0 unspecified atom stereocenters. The van der Waals surface area contributed by atoms with E-state index in [9.17, 15) is 0 Å². The van der Waals surface area contributed by atoms with Crippen LogP contribution in [-0.4, -0.2) is 24.6 Å². The quantitative estimate of drug-likeness (QED) is 0.486. The third-order valence-corrected chi connectivity index (χ3v) is 2.23. The number of hydrogen-bond donors (Lipinski definition) is 0. The Kier molecular flexibility index (Phi) is 3.04. The minimum absolute atomic E-state index is 0.533. The Morgan fingerprint density at radius 3 is 2.67 bits per heavy atom. The summed E-state index contributed by atoms with van der Waals surface area (Å²) in [4.78, 5) is 2.05. The summed E-state index contributed by atoms with van der Waals surface area (Å²) in [6.07, 6.45) is 2.03. The van der Waals surface area contributed by atoms with Gasteiger partial charge in [-0.3, -0.25) is 0 Å². The van der Waals surface area contributed by atoms with Gasteiger partial charge < -0.3 is 9.64 Å². The van der Waals surface area contributed by atoms with Crippen molar-refractivity contribution in [1.29, 1.82) is 0 Å². The number of halogens is 1. The van der Waals surface area contributed by atoms with Crippen LogP contribution in [0.5, 0.6) is 0 Å². The first kappa shape index (κ1) is 9.46. The van der Waals surface area contributed by atoms with Crippen LogP contribution in [0.1, 0.15) is 13.8 Å². The standard InChI is InChI=1S/C9H14ClNO/c1-7-4-11(6-10)5-8(2)9(7)12-3/h4H,5-6H2,1-3H3. The van der Waals surface area contributed by atoms with E-state index in [1.807, 2.05) is 13.1 Å². The number of rotatable bonds is 2. The highest BCUT2D eigenvalue weighted by Crippen LogP contribution is 2.21. The zero-order valence-electron chi connectivity index (χ0n) is 7.72. The molecular formula is C9H14ClNO. The number of ether oxygens (including phenoxy) is 1. The highest BCUT2D eigenvalue weighted by molar-refractivity contribution is 6.17. The molecule has 0 spiro atoms. The van der Waals surface area contributed by atoms with Crippen molar-refractivity contribution in [2.24, 2.45) is 0 Å². The van der Waals surface area contributed by atoms with Gasteiger partial charge in [-0.2, -0.15) is 0 Å². The van der Waals surface area contributed by atoms with Crippen molar-refractivity contribution in [3.8, 4) is 0 Å². The molecule has 0 N–H and O–H groups in total. The molecule has 0 aromatic heterocycles. The average molecular weight is 188 g/mol. The van der Waals surface area contributed by atoms with Crippen LogP contribution in [0, 0.1) is 0 Å². The van der Waals surface area contributed by atoms with Crippen molar-refractivity contribution in [3.63, 3.8) is 0 Å². The summed E-state index contributed by atoms with van der Waals surface area (Å²) >= 11 is 5.72. The lowest BCUT2D eigenvalue weighted by atomic mass is 10.1. The highest BCUT2D eigenvalue weighted by atomic mass is 35.5. The summed E-state index contributed by atoms with van der Waals surface area (Å²) in [7, 11) is 1.70. The molecule has 0 bridgehead atoms. The lowest BCUT2D eigenvalue weighted by Crippen LogP contribution is -2.23. The smallest absolute Gasteiger partial charge is 0.123 e. The minimum atomic E-state index is 0.533. The van der Waals surface area contributed by atoms with Crippen LogP contribution in [0.4, 0.5) is 0 Å². The van der Waals surface area contributed by atoms with Crippen LogP contribution in [0.2, 0.25) is 0 Å². The van der Waals surface area contributed by atoms with Gasteiger partial charge in [0.1, 0.15) is 5.76 Å². The molecule has 1 aliphatic heterocycles. The van der Waals surface area contributed by atoms with E-state index in [2.05, 4.69) is 11.8 Å². The summed E-state index contributed by atoms with van der Waals surface area (Å²) in [6, 6.07) is 0.533. The minimum Gasteiger partial charge on any atom is -0.496 e. The Labute approximate surface area is 78.5 Å². The Balaban J connectivity index is 2.84. The first-order valence-electron chi connectivity index (χ1n) is 3.91. The Morgan fingerprint density at radius 2 is 2.25 bits per heavy atom. The number of nitrogens with zero attached hydrogens (tertiary/aromatic N) is 1. The van der Waals surface area contributed by atoms with Crippen LogP contribution in [0.25, 0.3) is 0 Å². The largest absolute Gasteiger partial charge is 0.496 e. The van der Waals surface area contributed by atoms with E-state index >= 15 is 0 Å². The third-order valence-electron chi connectivity index (χ3n) is 1.92. The molecule has 0 aromatic carbocycles. The lowest BCUT2D eigenvalue weighted by molar-refractivity contribution is 0.282. The SMILES string of the molecule is COC1=C(C)CN(CCl)C=C1C. The van der Waals surface area contributed by atoms with E-state index in [-0.39, 0.29) is 0 Å². The fourth-order valence-corrected chi connectivity index (χ4v) is 1.66. The van der Waals surface area contributed by atoms with Crippen LogP contribution in [0.15, 0.2) is 23.1 Å². The maximum Gasteiger partial charge on any atom is 0.123 e. The average Bonchev–Trinajstić information content (AvgIpc) is 2.03. The van der Waals surface area contributed by atoms with E-state index in [0.717, 1.165) is 17.9 Å². The number of alkyl halides is 1. The van der Waals surface area contributed by atoms with Gasteiger partial charge in [0.2, 0.25) is 0 Å². The van der Waals surface area contributed by atoms with Crippen molar-refractivity contribution < 1.29 is 4.74 Å². The van der Waals surface area contributed by atoms with Gasteiger partial charge in [0, 0.05) is 18.3 Å². The molecule has 68 valence electrons. The zero-order valence-corrected chi connectivity index (χ0v) is 8.48. The molecule has 0 saturated heterocycles. The van der Waals surface area contributed by atoms with E-state index in [1.165, 1.54) is 5.57 Å². The molecule has 3 heteroatoms. The third kappa shape index (κ3) is 1.75. The number of methoxy groups -OCH3 is 1. The fourth-order valence-electron chi connectivity index (χ4n) is 1.50. The van der Waals surface area contributed by atoms with Gasteiger partial charge in [-0.15, -0.1) is 11.6 Å². The molecule has 12 heavy (non-hydrogen) atoms. The molecule has 2 nitrogen and oxygen atoms in total. The van der Waals surface area contributed by atoms with Crippen molar-refractivity contribution in [2.45, 2.75) is 13.8 Å². The molecule has 0 aromatic rings. The van der Waals surface area contributed by atoms with E-state index in [4.69, 9.17) is 16.3 Å². The summed E-state index contributed by atoms with van der Waals surface area (Å²) in [6.45, 7) is 4.96. The number of allylic oxidation sites excluding steroid dienone is 1. The predicted octanol–water partition coefficient (Wildman–Crippen LogP) is 2.32. The Hall–Kier alpha value is -0.630. The van der Waals surface area contributed by atoms with E-state index in [0.29, 0.717) is 6.00 Å². The van der Waals surface area contributed by atoms with Crippen LogP contribution >= 0.6 is 11.6 Å². The van der Waals surface area contributed by atoms with Crippen LogP contribution in [0.3, 0.4) is 0 Å². The predicted molar refractivity (Wildman–Crippen MR) is 50.9 cm³/mol. The van der Waals surface area contributed by atoms with Crippen molar-refractivity contribution in [1.82, 2.24) is 4.90 Å². The first-order chi connectivity index (χ1) is 5.69. The topological polar surface area (TPSA) is 12.5 Å². The highest BCUT2D eigenvalue weighted by Gasteiger charge is 2.14. The molecule has 1 aliphatic rings.